The summed E-state index contributed by atoms with van der Waals surface area (Å²) in [5.74, 6) is 1.53. The molecule has 0 unspecified atom stereocenters. The molecule has 0 atom stereocenters. The first kappa shape index (κ1) is 16.9. The van der Waals surface area contributed by atoms with Gasteiger partial charge in [0.2, 0.25) is 0 Å². The van der Waals surface area contributed by atoms with Gasteiger partial charge in [0.05, 0.1) is 11.0 Å². The highest BCUT2D eigenvalue weighted by Crippen LogP contribution is 2.23. The zero-order valence-corrected chi connectivity index (χ0v) is 15.0. The molecule has 4 N–H and O–H groups in total. The fourth-order valence-electron chi connectivity index (χ4n) is 2.63. The third-order valence-corrected chi connectivity index (χ3v) is 4.07. The lowest BCUT2D eigenvalue weighted by Gasteiger charge is -2.11. The van der Waals surface area contributed by atoms with Crippen molar-refractivity contribution in [2.24, 2.45) is 0 Å². The number of thiocarbonyl (C=S) groups is 1. The van der Waals surface area contributed by atoms with Crippen LogP contribution in [0.2, 0.25) is 0 Å². The summed E-state index contributed by atoms with van der Waals surface area (Å²) in [6, 6.07) is 22.6. The van der Waals surface area contributed by atoms with Gasteiger partial charge in [0.1, 0.15) is 11.5 Å². The monoisotopic (exact) mass is 376 g/mol. The first-order valence-electron chi connectivity index (χ1n) is 8.29. The zero-order chi connectivity index (χ0) is 18.6. The number of nitrogens with one attached hydrogen (secondary N) is 4. The number of hydrogen-bond donors (Lipinski definition) is 4. The van der Waals surface area contributed by atoms with Gasteiger partial charge < -0.3 is 25.3 Å². The predicted molar refractivity (Wildman–Crippen MR) is 112 cm³/mol. The Morgan fingerprint density at radius 2 is 1.41 bits per heavy atom. The molecular weight excluding hydrogens is 360 g/mol. The summed E-state index contributed by atoms with van der Waals surface area (Å²) < 4.78 is 5.77. The molecular formula is C20H16N4O2S. The topological polar surface area (TPSA) is 81.9 Å². The van der Waals surface area contributed by atoms with Crippen LogP contribution in [-0.2, 0) is 0 Å². The Bertz CT molecular complexity index is 1130. The van der Waals surface area contributed by atoms with Crippen LogP contribution in [0, 0.1) is 0 Å². The summed E-state index contributed by atoms with van der Waals surface area (Å²) >= 11 is 5.35. The molecule has 0 bridgehead atoms. The van der Waals surface area contributed by atoms with Crippen LogP contribution in [0.1, 0.15) is 0 Å². The van der Waals surface area contributed by atoms with Crippen LogP contribution in [0.3, 0.4) is 0 Å². The molecule has 7 heteroatoms. The molecule has 3 aromatic carbocycles. The minimum atomic E-state index is -0.235. The van der Waals surface area contributed by atoms with E-state index in [1.165, 1.54) is 0 Å². The van der Waals surface area contributed by atoms with E-state index < -0.39 is 0 Å². The summed E-state index contributed by atoms with van der Waals surface area (Å²) in [7, 11) is 0. The Kier molecular flexibility index (Phi) is 4.59. The van der Waals surface area contributed by atoms with Gasteiger partial charge >= 0.3 is 5.69 Å². The Labute approximate surface area is 160 Å². The number of imidazole rings is 1. The third kappa shape index (κ3) is 4.16. The van der Waals surface area contributed by atoms with E-state index in [2.05, 4.69) is 20.6 Å². The van der Waals surface area contributed by atoms with Crippen LogP contribution in [-0.4, -0.2) is 15.1 Å². The van der Waals surface area contributed by atoms with E-state index in [4.69, 9.17) is 17.0 Å². The van der Waals surface area contributed by atoms with Gasteiger partial charge in [-0.2, -0.15) is 0 Å². The molecule has 4 aromatic rings. The van der Waals surface area contributed by atoms with E-state index in [1.54, 1.807) is 0 Å². The van der Waals surface area contributed by atoms with Gasteiger partial charge in [-0.1, -0.05) is 18.2 Å². The number of ether oxygens (including phenoxy) is 1. The van der Waals surface area contributed by atoms with Crippen molar-refractivity contribution >= 4 is 39.7 Å². The first-order valence-corrected chi connectivity index (χ1v) is 8.69. The van der Waals surface area contributed by atoms with E-state index in [1.807, 2.05) is 72.8 Å². The molecule has 0 aliphatic carbocycles. The van der Waals surface area contributed by atoms with Gasteiger partial charge in [-0.15, -0.1) is 0 Å². The Morgan fingerprint density at radius 1 is 0.778 bits per heavy atom. The molecule has 1 aromatic heterocycles. The van der Waals surface area contributed by atoms with Crippen LogP contribution in [0.15, 0.2) is 77.6 Å². The van der Waals surface area contributed by atoms with Gasteiger partial charge in [0.15, 0.2) is 5.11 Å². The van der Waals surface area contributed by atoms with Crippen molar-refractivity contribution in [2.75, 3.05) is 10.6 Å². The SMILES string of the molecule is O=c1[nH]c2ccc(NC(=S)Nc3ccc(Oc4ccccc4)cc3)cc2[nH]1. The largest absolute Gasteiger partial charge is 0.457 e. The second-order valence-corrected chi connectivity index (χ2v) is 6.27. The van der Waals surface area contributed by atoms with E-state index in [-0.39, 0.29) is 5.69 Å². The maximum Gasteiger partial charge on any atom is 0.323 e. The molecule has 0 fully saturated rings. The summed E-state index contributed by atoms with van der Waals surface area (Å²) in [5, 5.41) is 6.67. The molecule has 134 valence electrons. The molecule has 0 aliphatic heterocycles. The van der Waals surface area contributed by atoms with Crippen molar-refractivity contribution < 1.29 is 4.74 Å². The summed E-state index contributed by atoms with van der Waals surface area (Å²) in [6.45, 7) is 0. The summed E-state index contributed by atoms with van der Waals surface area (Å²) in [6.07, 6.45) is 0. The van der Waals surface area contributed by atoms with Gasteiger partial charge in [-0.25, -0.2) is 4.79 Å². The average Bonchev–Trinajstić information content (AvgIpc) is 3.03. The number of para-hydroxylation sites is 1. The molecule has 0 saturated carbocycles. The highest BCUT2D eigenvalue weighted by atomic mass is 32.1. The number of rotatable bonds is 4. The zero-order valence-electron chi connectivity index (χ0n) is 14.2. The normalized spacial score (nSPS) is 10.5. The minimum Gasteiger partial charge on any atom is -0.457 e. The highest BCUT2D eigenvalue weighted by Gasteiger charge is 2.03. The third-order valence-electron chi connectivity index (χ3n) is 3.86. The molecule has 0 spiro atoms. The van der Waals surface area contributed by atoms with Crippen molar-refractivity contribution in [3.8, 4) is 11.5 Å². The first-order chi connectivity index (χ1) is 13.2. The van der Waals surface area contributed by atoms with E-state index in [9.17, 15) is 4.79 Å². The Balaban J connectivity index is 1.39. The number of H-pyrrole nitrogens is 2. The van der Waals surface area contributed by atoms with Crippen molar-refractivity contribution in [1.29, 1.82) is 0 Å². The second-order valence-electron chi connectivity index (χ2n) is 5.86. The van der Waals surface area contributed by atoms with Crippen LogP contribution in [0.25, 0.3) is 11.0 Å². The molecule has 1 heterocycles. The van der Waals surface area contributed by atoms with Crippen LogP contribution < -0.4 is 21.1 Å². The molecule has 0 amide bonds. The van der Waals surface area contributed by atoms with Crippen LogP contribution >= 0.6 is 12.2 Å². The predicted octanol–water partition coefficient (Wildman–Crippen LogP) is 4.46. The van der Waals surface area contributed by atoms with E-state index >= 15 is 0 Å². The molecule has 0 aliphatic rings. The Morgan fingerprint density at radius 3 is 2.19 bits per heavy atom. The van der Waals surface area contributed by atoms with Crippen molar-refractivity contribution in [3.63, 3.8) is 0 Å². The van der Waals surface area contributed by atoms with Crippen molar-refractivity contribution in [2.45, 2.75) is 0 Å². The molecule has 0 saturated heterocycles. The maximum atomic E-state index is 11.3. The molecule has 27 heavy (non-hydrogen) atoms. The highest BCUT2D eigenvalue weighted by molar-refractivity contribution is 7.80. The number of hydrogen-bond acceptors (Lipinski definition) is 3. The van der Waals surface area contributed by atoms with Crippen LogP contribution in [0.4, 0.5) is 11.4 Å². The van der Waals surface area contributed by atoms with Crippen molar-refractivity contribution in [3.05, 3.63) is 83.3 Å². The smallest absolute Gasteiger partial charge is 0.323 e. The average molecular weight is 376 g/mol. The standard InChI is InChI=1S/C20H16N4O2S/c25-19-23-17-11-8-14(12-18(17)24-19)22-20(27)21-13-6-9-16(10-7-13)26-15-4-2-1-3-5-15/h1-12H,(H2,21,22,27)(H2,23,24,25). The van der Waals surface area contributed by atoms with E-state index in [0.717, 1.165) is 33.9 Å². The van der Waals surface area contributed by atoms with E-state index in [0.29, 0.717) is 5.11 Å². The minimum absolute atomic E-state index is 0.235. The number of aromatic amines is 2. The number of aromatic nitrogens is 2. The summed E-state index contributed by atoms with van der Waals surface area (Å²) in [4.78, 5) is 16.7. The number of fused-ring (bicyclic) bond motifs is 1. The van der Waals surface area contributed by atoms with Gasteiger partial charge in [-0.05, 0) is 66.8 Å². The Hall–Kier alpha value is -3.58. The number of anilines is 2. The lowest BCUT2D eigenvalue weighted by molar-refractivity contribution is 0.483. The quantitative estimate of drug-likeness (QED) is 0.396. The lowest BCUT2D eigenvalue weighted by Crippen LogP contribution is -2.18. The molecule has 0 radical (unpaired) electrons. The fraction of sp³-hybridized carbons (Fsp3) is 0. The van der Waals surface area contributed by atoms with Gasteiger partial charge in [0, 0.05) is 11.4 Å². The molecule has 4 rings (SSSR count). The van der Waals surface area contributed by atoms with Crippen molar-refractivity contribution in [1.82, 2.24) is 9.97 Å². The van der Waals surface area contributed by atoms with Gasteiger partial charge in [-0.3, -0.25) is 0 Å². The van der Waals surface area contributed by atoms with Crippen LogP contribution in [0.5, 0.6) is 11.5 Å². The maximum absolute atomic E-state index is 11.3. The molecule has 6 nitrogen and oxygen atoms in total. The fourth-order valence-corrected chi connectivity index (χ4v) is 2.87. The lowest BCUT2D eigenvalue weighted by atomic mass is 10.3. The summed E-state index contributed by atoms with van der Waals surface area (Å²) in [5.41, 5.74) is 2.85. The second kappa shape index (κ2) is 7.35. The number of benzene rings is 3. The van der Waals surface area contributed by atoms with Gasteiger partial charge in [0.25, 0.3) is 0 Å².